The average molecular weight is 198 g/mol. The number of ketones is 1. The molecular formula is C10H12ClNO. The highest BCUT2D eigenvalue weighted by Gasteiger charge is 2.11. The summed E-state index contributed by atoms with van der Waals surface area (Å²) in [5.74, 6) is -0.0708. The van der Waals surface area contributed by atoms with Crippen molar-refractivity contribution in [3.63, 3.8) is 0 Å². The third kappa shape index (κ3) is 2.29. The van der Waals surface area contributed by atoms with Crippen molar-refractivity contribution >= 4 is 17.4 Å². The topological polar surface area (TPSA) is 43.1 Å². The number of nitrogens with two attached hydrogens (primary N) is 1. The smallest absolute Gasteiger partial charge is 0.177 e. The Labute approximate surface area is 82.7 Å². The maximum absolute atomic E-state index is 11.4. The molecule has 70 valence electrons. The van der Waals surface area contributed by atoms with Crippen molar-refractivity contribution < 1.29 is 4.79 Å². The van der Waals surface area contributed by atoms with Crippen LogP contribution in [0.15, 0.2) is 24.3 Å². The number of halogens is 1. The summed E-state index contributed by atoms with van der Waals surface area (Å²) >= 11 is 5.47. The molecule has 2 N–H and O–H groups in total. The van der Waals surface area contributed by atoms with Crippen LogP contribution >= 0.6 is 11.6 Å². The Morgan fingerprint density at radius 3 is 2.69 bits per heavy atom. The van der Waals surface area contributed by atoms with Gasteiger partial charge in [-0.05, 0) is 12.5 Å². The molecule has 0 saturated heterocycles. The van der Waals surface area contributed by atoms with E-state index in [1.54, 1.807) is 6.07 Å². The molecule has 0 aliphatic rings. The molecule has 0 saturated carbocycles. The highest BCUT2D eigenvalue weighted by atomic mass is 35.5. The van der Waals surface area contributed by atoms with Gasteiger partial charge in [-0.2, -0.15) is 0 Å². The van der Waals surface area contributed by atoms with Crippen molar-refractivity contribution in [2.45, 2.75) is 13.0 Å². The van der Waals surface area contributed by atoms with Crippen LogP contribution in [0.5, 0.6) is 0 Å². The molecule has 0 fully saturated rings. The number of hydrogen-bond donors (Lipinski definition) is 1. The van der Waals surface area contributed by atoms with E-state index < -0.39 is 0 Å². The lowest BCUT2D eigenvalue weighted by atomic mass is 10.00. The van der Waals surface area contributed by atoms with Crippen LogP contribution in [0, 0.1) is 0 Å². The molecule has 1 unspecified atom stereocenters. The van der Waals surface area contributed by atoms with Gasteiger partial charge in [-0.1, -0.05) is 24.3 Å². The van der Waals surface area contributed by atoms with Gasteiger partial charge in [0.25, 0.3) is 0 Å². The molecule has 13 heavy (non-hydrogen) atoms. The molecule has 1 aromatic rings. The van der Waals surface area contributed by atoms with Crippen molar-refractivity contribution in [3.8, 4) is 0 Å². The normalized spacial score (nSPS) is 12.5. The molecule has 0 spiro atoms. The number of carbonyl (C=O) groups excluding carboxylic acids is 1. The molecule has 0 aliphatic carbocycles. The van der Waals surface area contributed by atoms with E-state index in [4.69, 9.17) is 17.3 Å². The molecule has 1 aromatic carbocycles. The van der Waals surface area contributed by atoms with Gasteiger partial charge in [0.15, 0.2) is 5.78 Å². The van der Waals surface area contributed by atoms with Gasteiger partial charge >= 0.3 is 0 Å². The average Bonchev–Trinajstić information content (AvgIpc) is 2.16. The predicted molar refractivity (Wildman–Crippen MR) is 54.1 cm³/mol. The second kappa shape index (κ2) is 4.40. The first-order valence-electron chi connectivity index (χ1n) is 4.10. The van der Waals surface area contributed by atoms with Crippen molar-refractivity contribution in [2.75, 3.05) is 5.88 Å². The number of benzene rings is 1. The zero-order valence-electron chi connectivity index (χ0n) is 7.46. The summed E-state index contributed by atoms with van der Waals surface area (Å²) in [7, 11) is 0. The SMILES string of the molecule is CC(N)c1ccccc1C(=O)CCl. The molecule has 0 bridgehead atoms. The van der Waals surface area contributed by atoms with Gasteiger partial charge in [-0.15, -0.1) is 11.6 Å². The van der Waals surface area contributed by atoms with E-state index >= 15 is 0 Å². The molecule has 1 rings (SSSR count). The van der Waals surface area contributed by atoms with Crippen LogP contribution in [-0.2, 0) is 0 Å². The summed E-state index contributed by atoms with van der Waals surface area (Å²) in [5, 5.41) is 0. The summed E-state index contributed by atoms with van der Waals surface area (Å²) < 4.78 is 0. The van der Waals surface area contributed by atoms with Gasteiger partial charge in [0.2, 0.25) is 0 Å². The first-order chi connectivity index (χ1) is 6.16. The molecular weight excluding hydrogens is 186 g/mol. The molecule has 3 heteroatoms. The molecule has 1 atom stereocenters. The van der Waals surface area contributed by atoms with Crippen LogP contribution in [0.3, 0.4) is 0 Å². The van der Waals surface area contributed by atoms with Gasteiger partial charge in [0.05, 0.1) is 5.88 Å². The minimum absolute atomic E-state index is 0.00370. The van der Waals surface area contributed by atoms with Crippen molar-refractivity contribution in [2.24, 2.45) is 5.73 Å². The van der Waals surface area contributed by atoms with E-state index in [9.17, 15) is 4.79 Å². The largest absolute Gasteiger partial charge is 0.324 e. The summed E-state index contributed by atoms with van der Waals surface area (Å²) in [6.07, 6.45) is 0. The summed E-state index contributed by atoms with van der Waals surface area (Å²) in [6.45, 7) is 1.85. The van der Waals surface area contributed by atoms with Crippen LogP contribution in [0.25, 0.3) is 0 Å². The van der Waals surface area contributed by atoms with Crippen LogP contribution in [-0.4, -0.2) is 11.7 Å². The summed E-state index contributed by atoms with van der Waals surface area (Å²) in [4.78, 5) is 11.4. The van der Waals surface area contributed by atoms with E-state index in [-0.39, 0.29) is 17.7 Å². The van der Waals surface area contributed by atoms with Crippen LogP contribution in [0.4, 0.5) is 0 Å². The monoisotopic (exact) mass is 197 g/mol. The number of alkyl halides is 1. The molecule has 0 heterocycles. The van der Waals surface area contributed by atoms with Crippen LogP contribution in [0.1, 0.15) is 28.9 Å². The second-order valence-corrected chi connectivity index (χ2v) is 3.20. The fourth-order valence-corrected chi connectivity index (χ4v) is 1.36. The van der Waals surface area contributed by atoms with Crippen molar-refractivity contribution in [1.82, 2.24) is 0 Å². The van der Waals surface area contributed by atoms with Gasteiger partial charge in [0, 0.05) is 11.6 Å². The van der Waals surface area contributed by atoms with Crippen LogP contribution < -0.4 is 5.73 Å². The zero-order valence-corrected chi connectivity index (χ0v) is 8.21. The maximum Gasteiger partial charge on any atom is 0.177 e. The lowest BCUT2D eigenvalue weighted by Crippen LogP contribution is -2.12. The molecule has 0 aromatic heterocycles. The van der Waals surface area contributed by atoms with E-state index in [2.05, 4.69) is 0 Å². The van der Waals surface area contributed by atoms with Gasteiger partial charge < -0.3 is 5.73 Å². The number of Topliss-reactive ketones (excluding diaryl/α,β-unsaturated/α-hetero) is 1. The van der Waals surface area contributed by atoms with Gasteiger partial charge in [0.1, 0.15) is 0 Å². The molecule has 2 nitrogen and oxygen atoms in total. The summed E-state index contributed by atoms with van der Waals surface area (Å²) in [6, 6.07) is 7.15. The number of carbonyl (C=O) groups is 1. The van der Waals surface area contributed by atoms with E-state index in [1.807, 2.05) is 25.1 Å². The standard InChI is InChI=1S/C10H12ClNO/c1-7(12)8-4-2-3-5-9(8)10(13)6-11/h2-5,7H,6,12H2,1H3. The fourth-order valence-electron chi connectivity index (χ4n) is 1.22. The highest BCUT2D eigenvalue weighted by Crippen LogP contribution is 2.16. The highest BCUT2D eigenvalue weighted by molar-refractivity contribution is 6.30. The third-order valence-electron chi connectivity index (χ3n) is 1.87. The Morgan fingerprint density at radius 1 is 1.54 bits per heavy atom. The number of hydrogen-bond acceptors (Lipinski definition) is 2. The van der Waals surface area contributed by atoms with Gasteiger partial charge in [-0.3, -0.25) is 4.79 Å². The van der Waals surface area contributed by atoms with Crippen molar-refractivity contribution in [3.05, 3.63) is 35.4 Å². The lowest BCUT2D eigenvalue weighted by Gasteiger charge is -2.09. The van der Waals surface area contributed by atoms with Crippen LogP contribution in [0.2, 0.25) is 0 Å². The first-order valence-corrected chi connectivity index (χ1v) is 4.64. The Morgan fingerprint density at radius 2 is 2.15 bits per heavy atom. The third-order valence-corrected chi connectivity index (χ3v) is 2.12. The Bertz CT molecular complexity index is 310. The molecule has 0 amide bonds. The lowest BCUT2D eigenvalue weighted by molar-refractivity contribution is 0.102. The fraction of sp³-hybridized carbons (Fsp3) is 0.300. The minimum Gasteiger partial charge on any atom is -0.324 e. The molecule has 0 aliphatic heterocycles. The van der Waals surface area contributed by atoms with E-state index in [1.165, 1.54) is 0 Å². The number of rotatable bonds is 3. The quantitative estimate of drug-likeness (QED) is 0.596. The summed E-state index contributed by atoms with van der Waals surface area (Å²) in [5.41, 5.74) is 7.20. The maximum atomic E-state index is 11.4. The predicted octanol–water partition coefficient (Wildman–Crippen LogP) is 2.13. The Balaban J connectivity index is 3.12. The molecule has 0 radical (unpaired) electrons. The second-order valence-electron chi connectivity index (χ2n) is 2.93. The Hall–Kier alpha value is -0.860. The van der Waals surface area contributed by atoms with Crippen molar-refractivity contribution in [1.29, 1.82) is 0 Å². The Kier molecular flexibility index (Phi) is 3.46. The minimum atomic E-state index is -0.136. The zero-order chi connectivity index (χ0) is 9.84. The van der Waals surface area contributed by atoms with E-state index in [0.29, 0.717) is 5.56 Å². The first kappa shape index (κ1) is 10.2. The van der Waals surface area contributed by atoms with Gasteiger partial charge in [-0.25, -0.2) is 0 Å². The van der Waals surface area contributed by atoms with E-state index in [0.717, 1.165) is 5.56 Å².